The average Bonchev–Trinajstić information content (AvgIpc) is 2.02. The van der Waals surface area contributed by atoms with Crippen LogP contribution >= 0.6 is 15.9 Å². The molecule has 13 heavy (non-hydrogen) atoms. The summed E-state index contributed by atoms with van der Waals surface area (Å²) in [6.07, 6.45) is -0.194. The number of hydrogen-bond donors (Lipinski definition) is 0. The van der Waals surface area contributed by atoms with Crippen LogP contribution in [0, 0.1) is 5.92 Å². The lowest BCUT2D eigenvalue weighted by Crippen LogP contribution is -2.46. The van der Waals surface area contributed by atoms with Gasteiger partial charge in [-0.25, -0.2) is 0 Å². The van der Waals surface area contributed by atoms with Gasteiger partial charge in [-0.2, -0.15) is 0 Å². The Bertz CT molecular complexity index is 178. The summed E-state index contributed by atoms with van der Waals surface area (Å²) < 4.78 is 9.16. The lowest BCUT2D eigenvalue weighted by molar-refractivity contribution is -0.147. The Kier molecular flexibility index (Phi) is 4.92. The Hall–Kier alpha value is -0.0900. The van der Waals surface area contributed by atoms with Gasteiger partial charge in [0, 0.05) is 7.11 Å². The fourth-order valence-electron chi connectivity index (χ4n) is 1.44. The third-order valence-corrected chi connectivity index (χ3v) is 2.75. The second kappa shape index (κ2) is 4.96. The maximum absolute atomic E-state index is 11.4. The molecule has 0 amide bonds. The quantitative estimate of drug-likeness (QED) is 0.567. The smallest absolute Gasteiger partial charge is 0.325 e. The van der Waals surface area contributed by atoms with Crippen molar-refractivity contribution in [3.8, 4) is 0 Å². The maximum Gasteiger partial charge on any atom is 0.325 e. The molecule has 0 aliphatic rings. The Balaban J connectivity index is 4.66. The second-order valence-electron chi connectivity index (χ2n) is 3.47. The Morgan fingerprint density at radius 2 is 1.85 bits per heavy atom. The highest BCUT2D eigenvalue weighted by Gasteiger charge is 2.42. The number of ether oxygens (including phenoxy) is 2. The van der Waals surface area contributed by atoms with Crippen LogP contribution in [0.2, 0.25) is 0 Å². The van der Waals surface area contributed by atoms with Crippen molar-refractivity contribution < 1.29 is 14.3 Å². The molecule has 0 aromatic carbocycles. The van der Waals surface area contributed by atoms with Gasteiger partial charge in [0.05, 0.1) is 13.2 Å². The molecule has 0 unspecified atom stereocenters. The van der Waals surface area contributed by atoms with Crippen LogP contribution < -0.4 is 0 Å². The van der Waals surface area contributed by atoms with Crippen LogP contribution in [0.15, 0.2) is 0 Å². The number of carbonyl (C=O) groups is 1. The maximum atomic E-state index is 11.4. The summed E-state index contributed by atoms with van der Waals surface area (Å²) in [5.74, 6) is -0.0680. The van der Waals surface area contributed by atoms with Crippen LogP contribution in [0.25, 0.3) is 0 Å². The molecule has 0 aliphatic heterocycles. The highest BCUT2D eigenvalue weighted by molar-refractivity contribution is 9.10. The summed E-state index contributed by atoms with van der Waals surface area (Å²) in [5, 5.41) is 0. The molecule has 0 heterocycles. The number of hydrogen-bond acceptors (Lipinski definition) is 3. The van der Waals surface area contributed by atoms with Gasteiger partial charge in [0.25, 0.3) is 0 Å². The third-order valence-electron chi connectivity index (χ3n) is 1.98. The van der Waals surface area contributed by atoms with Gasteiger partial charge in [-0.3, -0.25) is 4.79 Å². The van der Waals surface area contributed by atoms with Gasteiger partial charge >= 0.3 is 5.97 Å². The Labute approximate surface area is 87.9 Å². The molecule has 2 atom stereocenters. The number of esters is 1. The van der Waals surface area contributed by atoms with Crippen LogP contribution in [0.1, 0.15) is 20.8 Å². The molecule has 3 nitrogen and oxygen atoms in total. The largest absolute Gasteiger partial charge is 0.468 e. The predicted molar refractivity (Wildman–Crippen MR) is 55.0 cm³/mol. The summed E-state index contributed by atoms with van der Waals surface area (Å²) in [6, 6.07) is 0. The molecule has 0 fully saturated rings. The summed E-state index contributed by atoms with van der Waals surface area (Å²) in [6.45, 7) is 5.75. The van der Waals surface area contributed by atoms with Crippen LogP contribution in [-0.4, -0.2) is 30.6 Å². The zero-order chi connectivity index (χ0) is 10.6. The SMILES string of the molecule is COC(=O)[C@@](C)(Br)[C@@H](OC)C(C)C. The standard InChI is InChI=1S/C9H17BrO3/c1-6(2)7(12-4)9(3,10)8(11)13-5/h6-7H,1-5H3/t7-,9-/m0/s1. The summed E-state index contributed by atoms with van der Waals surface area (Å²) >= 11 is 3.34. The van der Waals surface area contributed by atoms with E-state index in [1.807, 2.05) is 13.8 Å². The summed E-state index contributed by atoms with van der Waals surface area (Å²) in [5.41, 5.74) is 0. The molecule has 0 radical (unpaired) electrons. The third kappa shape index (κ3) is 2.95. The van der Waals surface area contributed by atoms with E-state index in [0.717, 1.165) is 0 Å². The van der Waals surface area contributed by atoms with E-state index in [2.05, 4.69) is 20.7 Å². The number of carbonyl (C=O) groups excluding carboxylic acids is 1. The monoisotopic (exact) mass is 252 g/mol. The molecule has 0 saturated heterocycles. The molecule has 0 spiro atoms. The van der Waals surface area contributed by atoms with Crippen LogP contribution in [0.5, 0.6) is 0 Å². The molecule has 4 heteroatoms. The van der Waals surface area contributed by atoms with Crippen molar-refractivity contribution in [1.29, 1.82) is 0 Å². The van der Waals surface area contributed by atoms with E-state index in [1.165, 1.54) is 7.11 Å². The van der Waals surface area contributed by atoms with Gasteiger partial charge in [-0.15, -0.1) is 0 Å². The van der Waals surface area contributed by atoms with Crippen molar-refractivity contribution >= 4 is 21.9 Å². The van der Waals surface area contributed by atoms with E-state index in [1.54, 1.807) is 14.0 Å². The topological polar surface area (TPSA) is 35.5 Å². The first-order valence-electron chi connectivity index (χ1n) is 4.18. The summed E-state index contributed by atoms with van der Waals surface area (Å²) in [4.78, 5) is 11.4. The Morgan fingerprint density at radius 3 is 2.08 bits per heavy atom. The van der Waals surface area contributed by atoms with E-state index in [9.17, 15) is 4.79 Å². The number of methoxy groups -OCH3 is 2. The van der Waals surface area contributed by atoms with E-state index < -0.39 is 4.32 Å². The average molecular weight is 253 g/mol. The molecule has 0 N–H and O–H groups in total. The van der Waals surface area contributed by atoms with Crippen LogP contribution in [-0.2, 0) is 14.3 Å². The normalized spacial score (nSPS) is 18.1. The molecule has 0 rings (SSSR count). The van der Waals surface area contributed by atoms with Gasteiger partial charge < -0.3 is 9.47 Å². The van der Waals surface area contributed by atoms with Gasteiger partial charge in [-0.05, 0) is 12.8 Å². The molecule has 0 saturated carbocycles. The first-order valence-corrected chi connectivity index (χ1v) is 4.97. The number of alkyl halides is 1. The lowest BCUT2D eigenvalue weighted by Gasteiger charge is -2.31. The summed E-state index contributed by atoms with van der Waals surface area (Å²) in [7, 11) is 2.96. The Morgan fingerprint density at radius 1 is 1.38 bits per heavy atom. The van der Waals surface area contributed by atoms with Crippen LogP contribution in [0.3, 0.4) is 0 Å². The molecule has 78 valence electrons. The zero-order valence-corrected chi connectivity index (χ0v) is 10.3. The highest BCUT2D eigenvalue weighted by Crippen LogP contribution is 2.30. The highest BCUT2D eigenvalue weighted by atomic mass is 79.9. The van der Waals surface area contributed by atoms with Gasteiger partial charge in [0.15, 0.2) is 0 Å². The van der Waals surface area contributed by atoms with Crippen molar-refractivity contribution in [3.05, 3.63) is 0 Å². The number of halogens is 1. The van der Waals surface area contributed by atoms with Gasteiger partial charge in [-0.1, -0.05) is 29.8 Å². The van der Waals surface area contributed by atoms with Crippen molar-refractivity contribution in [3.63, 3.8) is 0 Å². The minimum atomic E-state index is -0.773. The minimum absolute atomic E-state index is 0.194. The fraction of sp³-hybridized carbons (Fsp3) is 0.889. The molecule has 0 bridgehead atoms. The van der Waals surface area contributed by atoms with Crippen LogP contribution in [0.4, 0.5) is 0 Å². The lowest BCUT2D eigenvalue weighted by atomic mass is 9.94. The predicted octanol–water partition coefficient (Wildman–Crippen LogP) is 1.98. The molecule has 0 aliphatic carbocycles. The van der Waals surface area contributed by atoms with E-state index in [0.29, 0.717) is 0 Å². The first-order chi connectivity index (χ1) is 5.87. The first kappa shape index (κ1) is 12.9. The van der Waals surface area contributed by atoms with E-state index in [4.69, 9.17) is 4.74 Å². The molecular formula is C9H17BrO3. The molecular weight excluding hydrogens is 236 g/mol. The van der Waals surface area contributed by atoms with Gasteiger partial charge in [0.2, 0.25) is 0 Å². The van der Waals surface area contributed by atoms with Crippen molar-refractivity contribution in [2.75, 3.05) is 14.2 Å². The van der Waals surface area contributed by atoms with E-state index in [-0.39, 0.29) is 18.0 Å². The minimum Gasteiger partial charge on any atom is -0.468 e. The molecule has 0 aromatic heterocycles. The van der Waals surface area contributed by atoms with Crippen molar-refractivity contribution in [2.45, 2.75) is 31.2 Å². The fourth-order valence-corrected chi connectivity index (χ4v) is 2.31. The number of rotatable bonds is 4. The van der Waals surface area contributed by atoms with Crippen molar-refractivity contribution in [1.82, 2.24) is 0 Å². The van der Waals surface area contributed by atoms with Crippen molar-refractivity contribution in [2.24, 2.45) is 5.92 Å². The zero-order valence-electron chi connectivity index (χ0n) is 8.76. The molecule has 0 aromatic rings. The van der Waals surface area contributed by atoms with Gasteiger partial charge in [0.1, 0.15) is 4.32 Å². The second-order valence-corrected chi connectivity index (χ2v) is 5.11. The van der Waals surface area contributed by atoms with E-state index >= 15 is 0 Å².